The van der Waals surface area contributed by atoms with Crippen molar-refractivity contribution in [2.75, 3.05) is 6.61 Å². The molecule has 1 aromatic heterocycles. The van der Waals surface area contributed by atoms with Gasteiger partial charge in [0.15, 0.2) is 0 Å². The van der Waals surface area contributed by atoms with Gasteiger partial charge in [0, 0.05) is 24.6 Å². The molecule has 0 unspecified atom stereocenters. The quantitative estimate of drug-likeness (QED) is 0.844. The predicted molar refractivity (Wildman–Crippen MR) is 67.5 cm³/mol. The zero-order chi connectivity index (χ0) is 12.8. The summed E-state index contributed by atoms with van der Waals surface area (Å²) in [7, 11) is 0. The molecule has 0 radical (unpaired) electrons. The number of benzene rings is 1. The van der Waals surface area contributed by atoms with E-state index < -0.39 is 0 Å². The zero-order valence-electron chi connectivity index (χ0n) is 9.91. The standard InChI is InChI=1S/C14H15NO3/c16-8-6-11-1-3-13(4-2-11)18-14-5-7-15-9-12(14)10-17/h1-5,7,9,16-17H,6,8,10H2. The summed E-state index contributed by atoms with van der Waals surface area (Å²) in [6.07, 6.45) is 3.83. The van der Waals surface area contributed by atoms with Crippen LogP contribution in [0.5, 0.6) is 11.5 Å². The fourth-order valence-electron chi connectivity index (χ4n) is 1.61. The van der Waals surface area contributed by atoms with Crippen LogP contribution in [-0.2, 0) is 13.0 Å². The Balaban J connectivity index is 2.13. The minimum Gasteiger partial charge on any atom is -0.457 e. The molecule has 2 aromatic rings. The number of rotatable bonds is 5. The smallest absolute Gasteiger partial charge is 0.136 e. The highest BCUT2D eigenvalue weighted by molar-refractivity contribution is 5.36. The van der Waals surface area contributed by atoms with Gasteiger partial charge in [-0.05, 0) is 30.2 Å². The van der Waals surface area contributed by atoms with E-state index in [-0.39, 0.29) is 13.2 Å². The van der Waals surface area contributed by atoms with Gasteiger partial charge in [0.1, 0.15) is 11.5 Å². The van der Waals surface area contributed by atoms with Crippen molar-refractivity contribution in [2.24, 2.45) is 0 Å². The Morgan fingerprint density at radius 1 is 1.06 bits per heavy atom. The van der Waals surface area contributed by atoms with E-state index in [4.69, 9.17) is 14.9 Å². The first-order valence-electron chi connectivity index (χ1n) is 5.75. The molecule has 4 nitrogen and oxygen atoms in total. The molecule has 0 saturated heterocycles. The van der Waals surface area contributed by atoms with Crippen LogP contribution in [0.3, 0.4) is 0 Å². The van der Waals surface area contributed by atoms with Crippen molar-refractivity contribution in [3.05, 3.63) is 53.9 Å². The first-order valence-corrected chi connectivity index (χ1v) is 5.75. The Morgan fingerprint density at radius 3 is 2.50 bits per heavy atom. The summed E-state index contributed by atoms with van der Waals surface area (Å²) >= 11 is 0. The summed E-state index contributed by atoms with van der Waals surface area (Å²) in [5.74, 6) is 1.29. The topological polar surface area (TPSA) is 62.6 Å². The molecule has 2 rings (SSSR count). The highest BCUT2D eigenvalue weighted by Crippen LogP contribution is 2.24. The second-order valence-electron chi connectivity index (χ2n) is 3.86. The van der Waals surface area contributed by atoms with E-state index in [1.807, 2.05) is 24.3 Å². The van der Waals surface area contributed by atoms with E-state index in [2.05, 4.69) is 4.98 Å². The van der Waals surface area contributed by atoms with E-state index in [0.717, 1.165) is 5.56 Å². The molecule has 0 aliphatic rings. The Kier molecular flexibility index (Phi) is 4.28. The SMILES string of the molecule is OCCc1ccc(Oc2ccncc2CO)cc1. The van der Waals surface area contributed by atoms with Crippen molar-refractivity contribution in [2.45, 2.75) is 13.0 Å². The van der Waals surface area contributed by atoms with Crippen molar-refractivity contribution in [1.82, 2.24) is 4.98 Å². The van der Waals surface area contributed by atoms with E-state index in [1.54, 1.807) is 18.5 Å². The van der Waals surface area contributed by atoms with Gasteiger partial charge in [0.25, 0.3) is 0 Å². The lowest BCUT2D eigenvalue weighted by Gasteiger charge is -2.09. The molecule has 0 amide bonds. The van der Waals surface area contributed by atoms with Gasteiger partial charge in [0.2, 0.25) is 0 Å². The normalized spacial score (nSPS) is 10.3. The first kappa shape index (κ1) is 12.5. The van der Waals surface area contributed by atoms with Gasteiger partial charge in [-0.15, -0.1) is 0 Å². The maximum atomic E-state index is 9.16. The molecule has 0 aliphatic heterocycles. The molecule has 94 valence electrons. The van der Waals surface area contributed by atoms with Crippen LogP contribution < -0.4 is 4.74 Å². The van der Waals surface area contributed by atoms with Crippen LogP contribution in [0.25, 0.3) is 0 Å². The van der Waals surface area contributed by atoms with Crippen LogP contribution in [-0.4, -0.2) is 21.8 Å². The second kappa shape index (κ2) is 6.14. The lowest BCUT2D eigenvalue weighted by Crippen LogP contribution is -1.93. The van der Waals surface area contributed by atoms with Crippen molar-refractivity contribution in [3.8, 4) is 11.5 Å². The number of pyridine rings is 1. The van der Waals surface area contributed by atoms with Crippen molar-refractivity contribution in [1.29, 1.82) is 0 Å². The molecule has 0 spiro atoms. The monoisotopic (exact) mass is 245 g/mol. The third-order valence-corrected chi connectivity index (χ3v) is 2.58. The van der Waals surface area contributed by atoms with Crippen LogP contribution in [0.15, 0.2) is 42.7 Å². The molecule has 0 bridgehead atoms. The minimum absolute atomic E-state index is 0.105. The first-order chi connectivity index (χ1) is 8.83. The van der Waals surface area contributed by atoms with Gasteiger partial charge in [-0.3, -0.25) is 4.98 Å². The van der Waals surface area contributed by atoms with Crippen LogP contribution in [0.4, 0.5) is 0 Å². The number of hydrogen-bond donors (Lipinski definition) is 2. The molecule has 2 N–H and O–H groups in total. The molecule has 1 aromatic carbocycles. The molecule has 1 heterocycles. The summed E-state index contributed by atoms with van der Waals surface area (Å²) < 4.78 is 5.67. The Morgan fingerprint density at radius 2 is 1.83 bits per heavy atom. The summed E-state index contributed by atoms with van der Waals surface area (Å²) in [6, 6.07) is 9.21. The average molecular weight is 245 g/mol. The summed E-state index contributed by atoms with van der Waals surface area (Å²) in [5.41, 5.74) is 1.71. The molecule has 0 fully saturated rings. The molecule has 0 atom stereocenters. The van der Waals surface area contributed by atoms with Crippen LogP contribution >= 0.6 is 0 Å². The largest absolute Gasteiger partial charge is 0.457 e. The Hall–Kier alpha value is -1.91. The molecular weight excluding hydrogens is 230 g/mol. The van der Waals surface area contributed by atoms with Crippen molar-refractivity contribution >= 4 is 0 Å². The molecule has 0 saturated carbocycles. The fraction of sp³-hybridized carbons (Fsp3) is 0.214. The molecular formula is C14H15NO3. The number of ether oxygens (including phenoxy) is 1. The minimum atomic E-state index is -0.105. The van der Waals surface area contributed by atoms with Crippen LogP contribution in [0.1, 0.15) is 11.1 Å². The highest BCUT2D eigenvalue weighted by Gasteiger charge is 2.03. The van der Waals surface area contributed by atoms with Crippen molar-refractivity contribution in [3.63, 3.8) is 0 Å². The van der Waals surface area contributed by atoms with E-state index in [0.29, 0.717) is 23.5 Å². The van der Waals surface area contributed by atoms with Crippen LogP contribution in [0, 0.1) is 0 Å². The maximum Gasteiger partial charge on any atom is 0.136 e. The van der Waals surface area contributed by atoms with Gasteiger partial charge in [-0.1, -0.05) is 12.1 Å². The highest BCUT2D eigenvalue weighted by atomic mass is 16.5. The second-order valence-corrected chi connectivity index (χ2v) is 3.86. The third-order valence-electron chi connectivity index (χ3n) is 2.58. The number of hydrogen-bond acceptors (Lipinski definition) is 4. The zero-order valence-corrected chi connectivity index (χ0v) is 9.91. The third kappa shape index (κ3) is 3.06. The average Bonchev–Trinajstić information content (AvgIpc) is 2.42. The fourth-order valence-corrected chi connectivity index (χ4v) is 1.61. The lowest BCUT2D eigenvalue weighted by molar-refractivity contribution is 0.276. The number of aromatic nitrogens is 1. The Bertz CT molecular complexity index is 497. The van der Waals surface area contributed by atoms with E-state index in [1.165, 1.54) is 0 Å². The number of nitrogens with zero attached hydrogens (tertiary/aromatic N) is 1. The van der Waals surface area contributed by atoms with Gasteiger partial charge >= 0.3 is 0 Å². The van der Waals surface area contributed by atoms with E-state index in [9.17, 15) is 0 Å². The van der Waals surface area contributed by atoms with E-state index >= 15 is 0 Å². The summed E-state index contributed by atoms with van der Waals surface area (Å²) in [6.45, 7) is 0.0327. The lowest BCUT2D eigenvalue weighted by atomic mass is 10.1. The Labute approximate surface area is 106 Å². The summed E-state index contributed by atoms with van der Waals surface area (Å²) in [4.78, 5) is 3.93. The summed E-state index contributed by atoms with van der Waals surface area (Å²) in [5, 5.41) is 18.0. The van der Waals surface area contributed by atoms with Crippen LogP contribution in [0.2, 0.25) is 0 Å². The maximum absolute atomic E-state index is 9.16. The van der Waals surface area contributed by atoms with Gasteiger partial charge < -0.3 is 14.9 Å². The van der Waals surface area contributed by atoms with Crippen molar-refractivity contribution < 1.29 is 14.9 Å². The molecule has 18 heavy (non-hydrogen) atoms. The molecule has 0 aliphatic carbocycles. The number of aliphatic hydroxyl groups excluding tert-OH is 2. The van der Waals surface area contributed by atoms with Gasteiger partial charge in [-0.25, -0.2) is 0 Å². The van der Waals surface area contributed by atoms with Gasteiger partial charge in [0.05, 0.1) is 6.61 Å². The van der Waals surface area contributed by atoms with Gasteiger partial charge in [-0.2, -0.15) is 0 Å². The predicted octanol–water partition coefficient (Wildman–Crippen LogP) is 1.90. The molecule has 4 heteroatoms. The number of aliphatic hydroxyl groups is 2.